The molecular formula is C8H7ClN2O2S. The molecule has 0 unspecified atom stereocenters. The summed E-state index contributed by atoms with van der Waals surface area (Å²) in [5.41, 5.74) is 5.63. The van der Waals surface area contributed by atoms with Crippen LogP contribution in [0.3, 0.4) is 0 Å². The van der Waals surface area contributed by atoms with Crippen LogP contribution in [0, 0.1) is 10.1 Å². The summed E-state index contributed by atoms with van der Waals surface area (Å²) in [5.74, 6) is 0. The monoisotopic (exact) mass is 230 g/mol. The van der Waals surface area contributed by atoms with Crippen molar-refractivity contribution in [2.45, 2.75) is 6.42 Å². The maximum Gasteiger partial charge on any atom is 0.274 e. The molecule has 0 amide bonds. The van der Waals surface area contributed by atoms with Gasteiger partial charge in [-0.1, -0.05) is 29.9 Å². The van der Waals surface area contributed by atoms with Crippen LogP contribution in [0.1, 0.15) is 5.56 Å². The Morgan fingerprint density at radius 3 is 2.79 bits per heavy atom. The van der Waals surface area contributed by atoms with E-state index >= 15 is 0 Å². The van der Waals surface area contributed by atoms with Crippen molar-refractivity contribution >= 4 is 34.5 Å². The number of nitro groups is 1. The zero-order chi connectivity index (χ0) is 10.7. The molecule has 0 fully saturated rings. The Hall–Kier alpha value is -1.20. The number of hydrogen-bond donors (Lipinski definition) is 1. The highest BCUT2D eigenvalue weighted by atomic mass is 35.5. The standard InChI is InChI=1S/C8H7ClN2O2S/c9-6-2-1-3-7(11(12)13)5(6)4-8(10)14/h1-3H,4H2,(H2,10,14). The van der Waals surface area contributed by atoms with Crippen molar-refractivity contribution < 1.29 is 4.92 Å². The average molecular weight is 231 g/mol. The van der Waals surface area contributed by atoms with E-state index in [1.807, 2.05) is 0 Å². The molecule has 6 heteroatoms. The summed E-state index contributed by atoms with van der Waals surface area (Å²) < 4.78 is 0. The molecule has 0 radical (unpaired) electrons. The molecule has 0 spiro atoms. The van der Waals surface area contributed by atoms with Gasteiger partial charge in [0, 0.05) is 12.5 Å². The van der Waals surface area contributed by atoms with Crippen molar-refractivity contribution in [1.82, 2.24) is 0 Å². The number of rotatable bonds is 3. The first-order valence-corrected chi connectivity index (χ1v) is 4.51. The van der Waals surface area contributed by atoms with Gasteiger partial charge in [0.25, 0.3) is 5.69 Å². The van der Waals surface area contributed by atoms with E-state index in [-0.39, 0.29) is 17.1 Å². The number of halogens is 1. The molecule has 1 rings (SSSR count). The topological polar surface area (TPSA) is 69.2 Å². The highest BCUT2D eigenvalue weighted by Gasteiger charge is 2.16. The third-order valence-corrected chi connectivity index (χ3v) is 2.14. The summed E-state index contributed by atoms with van der Waals surface area (Å²) in [6.45, 7) is 0. The number of nitrogens with zero attached hydrogens (tertiary/aromatic N) is 1. The third kappa shape index (κ3) is 2.40. The molecule has 1 aromatic rings. The van der Waals surface area contributed by atoms with Gasteiger partial charge in [-0.25, -0.2) is 0 Å². The van der Waals surface area contributed by atoms with Gasteiger partial charge in [0.05, 0.1) is 20.5 Å². The summed E-state index contributed by atoms with van der Waals surface area (Å²) in [7, 11) is 0. The molecule has 0 aromatic heterocycles. The predicted octanol–water partition coefficient (Wildman–Crippen LogP) is 2.08. The Balaban J connectivity index is 3.22. The van der Waals surface area contributed by atoms with Gasteiger partial charge in [-0.2, -0.15) is 0 Å². The summed E-state index contributed by atoms with van der Waals surface area (Å²) >= 11 is 10.5. The molecule has 0 heterocycles. The fourth-order valence-corrected chi connectivity index (χ4v) is 1.45. The molecule has 0 bridgehead atoms. The lowest BCUT2D eigenvalue weighted by molar-refractivity contribution is -0.385. The Morgan fingerprint density at radius 2 is 2.29 bits per heavy atom. The van der Waals surface area contributed by atoms with Crippen molar-refractivity contribution in [3.8, 4) is 0 Å². The molecule has 0 aliphatic rings. The summed E-state index contributed by atoms with van der Waals surface area (Å²) in [4.78, 5) is 10.3. The highest BCUT2D eigenvalue weighted by molar-refractivity contribution is 7.80. The second-order valence-corrected chi connectivity index (χ2v) is 3.57. The molecule has 4 nitrogen and oxygen atoms in total. The van der Waals surface area contributed by atoms with Gasteiger partial charge in [0.15, 0.2) is 0 Å². The lowest BCUT2D eigenvalue weighted by Gasteiger charge is -2.03. The van der Waals surface area contributed by atoms with Crippen LogP contribution < -0.4 is 5.73 Å². The first-order chi connectivity index (χ1) is 6.52. The number of benzene rings is 1. The van der Waals surface area contributed by atoms with Gasteiger partial charge in [-0.05, 0) is 6.07 Å². The Morgan fingerprint density at radius 1 is 1.64 bits per heavy atom. The molecule has 0 atom stereocenters. The molecule has 14 heavy (non-hydrogen) atoms. The van der Waals surface area contributed by atoms with Crippen LogP contribution in [-0.2, 0) is 6.42 Å². The van der Waals surface area contributed by atoms with Crippen molar-refractivity contribution in [3.63, 3.8) is 0 Å². The fraction of sp³-hybridized carbons (Fsp3) is 0.125. The molecule has 1 aromatic carbocycles. The van der Waals surface area contributed by atoms with Crippen LogP contribution >= 0.6 is 23.8 Å². The normalized spacial score (nSPS) is 9.79. The SMILES string of the molecule is NC(=S)Cc1c(Cl)cccc1[N+](=O)[O-]. The van der Waals surface area contributed by atoms with Crippen molar-refractivity contribution in [3.05, 3.63) is 38.9 Å². The number of hydrogen-bond acceptors (Lipinski definition) is 3. The van der Waals surface area contributed by atoms with Crippen molar-refractivity contribution in [1.29, 1.82) is 0 Å². The molecular weight excluding hydrogens is 224 g/mol. The minimum atomic E-state index is -0.501. The predicted molar refractivity (Wildman–Crippen MR) is 58.6 cm³/mol. The van der Waals surface area contributed by atoms with Crippen LogP contribution in [0.25, 0.3) is 0 Å². The Labute approximate surface area is 90.8 Å². The summed E-state index contributed by atoms with van der Waals surface area (Å²) in [6, 6.07) is 4.46. The first kappa shape index (κ1) is 10.9. The smallest absolute Gasteiger partial charge is 0.274 e. The third-order valence-electron chi connectivity index (χ3n) is 1.64. The maximum absolute atomic E-state index is 10.6. The maximum atomic E-state index is 10.6. The van der Waals surface area contributed by atoms with Gasteiger partial charge in [0.1, 0.15) is 0 Å². The average Bonchev–Trinajstić information content (AvgIpc) is 2.07. The Bertz CT molecular complexity index is 395. The molecule has 0 saturated carbocycles. The zero-order valence-corrected chi connectivity index (χ0v) is 8.64. The number of thiocarbonyl (C=S) groups is 1. The van der Waals surface area contributed by atoms with E-state index in [0.29, 0.717) is 10.6 Å². The van der Waals surface area contributed by atoms with Crippen molar-refractivity contribution in [2.75, 3.05) is 0 Å². The first-order valence-electron chi connectivity index (χ1n) is 3.72. The Kier molecular flexibility index (Phi) is 3.38. The molecule has 2 N–H and O–H groups in total. The summed E-state index contributed by atoms with van der Waals surface area (Å²) in [5, 5.41) is 10.9. The molecule has 0 aliphatic carbocycles. The van der Waals surface area contributed by atoms with Gasteiger partial charge < -0.3 is 5.73 Å². The van der Waals surface area contributed by atoms with Gasteiger partial charge >= 0.3 is 0 Å². The van der Waals surface area contributed by atoms with E-state index in [9.17, 15) is 10.1 Å². The van der Waals surface area contributed by atoms with E-state index in [1.54, 1.807) is 6.07 Å². The lowest BCUT2D eigenvalue weighted by Crippen LogP contribution is -2.12. The molecule has 0 saturated heterocycles. The second kappa shape index (κ2) is 4.34. The largest absolute Gasteiger partial charge is 0.393 e. The molecule has 74 valence electrons. The fourth-order valence-electron chi connectivity index (χ4n) is 1.07. The quantitative estimate of drug-likeness (QED) is 0.490. The van der Waals surface area contributed by atoms with E-state index in [2.05, 4.69) is 12.2 Å². The minimum absolute atomic E-state index is 0.0506. The minimum Gasteiger partial charge on any atom is -0.393 e. The van der Waals surface area contributed by atoms with Crippen molar-refractivity contribution in [2.24, 2.45) is 5.73 Å². The number of nitro benzene ring substituents is 1. The summed E-state index contributed by atoms with van der Waals surface area (Å²) in [6.07, 6.45) is 0.144. The van der Waals surface area contributed by atoms with Crippen LogP contribution in [0.2, 0.25) is 5.02 Å². The van der Waals surface area contributed by atoms with Crippen LogP contribution in [-0.4, -0.2) is 9.91 Å². The van der Waals surface area contributed by atoms with Gasteiger partial charge in [0.2, 0.25) is 0 Å². The van der Waals surface area contributed by atoms with Gasteiger partial charge in [-0.15, -0.1) is 0 Å². The zero-order valence-electron chi connectivity index (χ0n) is 7.07. The van der Waals surface area contributed by atoms with E-state index < -0.39 is 4.92 Å². The lowest BCUT2D eigenvalue weighted by atomic mass is 10.1. The van der Waals surface area contributed by atoms with Gasteiger partial charge in [-0.3, -0.25) is 10.1 Å². The highest BCUT2D eigenvalue weighted by Crippen LogP contribution is 2.26. The van der Waals surface area contributed by atoms with E-state index in [1.165, 1.54) is 12.1 Å². The number of nitrogens with two attached hydrogens (primary N) is 1. The van der Waals surface area contributed by atoms with E-state index in [4.69, 9.17) is 17.3 Å². The van der Waals surface area contributed by atoms with E-state index in [0.717, 1.165) is 0 Å². The van der Waals surface area contributed by atoms with Crippen LogP contribution in [0.4, 0.5) is 5.69 Å². The van der Waals surface area contributed by atoms with Crippen LogP contribution in [0.5, 0.6) is 0 Å². The molecule has 0 aliphatic heterocycles. The van der Waals surface area contributed by atoms with Crippen LogP contribution in [0.15, 0.2) is 18.2 Å². The second-order valence-electron chi connectivity index (χ2n) is 2.64.